The van der Waals surface area contributed by atoms with Gasteiger partial charge in [-0.15, -0.1) is 0 Å². The van der Waals surface area contributed by atoms with Crippen molar-refractivity contribution in [3.8, 4) is 0 Å². The van der Waals surface area contributed by atoms with E-state index in [0.717, 1.165) is 0 Å². The second-order valence-electron chi connectivity index (χ2n) is 10.5. The number of nitrogens with zero attached hydrogens (tertiary/aromatic N) is 3. The fourth-order valence-corrected chi connectivity index (χ4v) is 7.60. The van der Waals surface area contributed by atoms with Gasteiger partial charge in [-0.2, -0.15) is 0 Å². The minimum Gasteiger partial charge on any atom is -0.463 e. The third-order valence-electron chi connectivity index (χ3n) is 6.50. The van der Waals surface area contributed by atoms with Crippen molar-refractivity contribution >= 4 is 19.7 Å². The van der Waals surface area contributed by atoms with Crippen molar-refractivity contribution in [2.45, 2.75) is 77.5 Å². The molecule has 194 valence electrons. The Labute approximate surface area is 202 Å². The summed E-state index contributed by atoms with van der Waals surface area (Å²) in [4.78, 5) is 50.6. The molecule has 4 rings (SSSR count). The van der Waals surface area contributed by atoms with E-state index in [-0.39, 0.29) is 24.1 Å². The highest BCUT2D eigenvalue weighted by atomic mass is 31.2. The second-order valence-corrected chi connectivity index (χ2v) is 12.8. The lowest BCUT2D eigenvalue weighted by atomic mass is 10.2. The van der Waals surface area contributed by atoms with Gasteiger partial charge < -0.3 is 14.2 Å². The standard InChI is InChI=1S/C21H32N5O8P/c1-12-8-24(18(29)22-17(12)28)16-7-14(15(33-16)9-32-13(2)27)34-19(30)23-35(31,25-10-20(25,3)4)26-11-21(26,5)6/h8,14-16H,7,9-11H2,1-6H3,(H,22,28,29)(H,23,30,31)/t14-,15+,16+,25?,26?,35?/m0/s1. The van der Waals surface area contributed by atoms with Crippen LogP contribution in [0, 0.1) is 6.92 Å². The van der Waals surface area contributed by atoms with Gasteiger partial charge in [-0.1, -0.05) is 0 Å². The van der Waals surface area contributed by atoms with Crippen LogP contribution in [-0.4, -0.2) is 73.9 Å². The lowest BCUT2D eigenvalue weighted by Gasteiger charge is -2.26. The molecule has 1 amide bonds. The monoisotopic (exact) mass is 513 g/mol. The van der Waals surface area contributed by atoms with E-state index in [1.54, 1.807) is 16.3 Å². The molecule has 3 aliphatic heterocycles. The van der Waals surface area contributed by atoms with Gasteiger partial charge >= 0.3 is 25.3 Å². The average molecular weight is 513 g/mol. The van der Waals surface area contributed by atoms with Gasteiger partial charge in [0, 0.05) is 49.3 Å². The minimum absolute atomic E-state index is 0.0550. The third-order valence-corrected chi connectivity index (χ3v) is 9.65. The van der Waals surface area contributed by atoms with Gasteiger partial charge in [0.1, 0.15) is 25.0 Å². The number of H-pyrrole nitrogens is 1. The zero-order valence-corrected chi connectivity index (χ0v) is 21.6. The molecule has 2 N–H and O–H groups in total. The van der Waals surface area contributed by atoms with E-state index in [1.165, 1.54) is 17.7 Å². The summed E-state index contributed by atoms with van der Waals surface area (Å²) in [7, 11) is -3.42. The molecule has 5 atom stereocenters. The van der Waals surface area contributed by atoms with Gasteiger partial charge in [-0.3, -0.25) is 23.7 Å². The molecule has 0 saturated carbocycles. The van der Waals surface area contributed by atoms with Gasteiger partial charge in [0.15, 0.2) is 0 Å². The van der Waals surface area contributed by atoms with Crippen LogP contribution in [0.1, 0.15) is 52.8 Å². The Bertz CT molecular complexity index is 1180. The largest absolute Gasteiger partial charge is 0.463 e. The predicted molar refractivity (Wildman–Crippen MR) is 124 cm³/mol. The maximum atomic E-state index is 13.9. The van der Waals surface area contributed by atoms with Crippen LogP contribution in [0.15, 0.2) is 15.8 Å². The van der Waals surface area contributed by atoms with Crippen molar-refractivity contribution in [1.29, 1.82) is 0 Å². The summed E-state index contributed by atoms with van der Waals surface area (Å²) in [6.07, 6.45) is -2.14. The van der Waals surface area contributed by atoms with Crippen LogP contribution in [-0.2, 0) is 23.6 Å². The molecule has 2 unspecified atom stereocenters. The molecule has 3 saturated heterocycles. The van der Waals surface area contributed by atoms with Crippen molar-refractivity contribution in [1.82, 2.24) is 24.0 Å². The summed E-state index contributed by atoms with van der Waals surface area (Å²) in [5.74, 6) is -0.547. The van der Waals surface area contributed by atoms with Gasteiger partial charge in [-0.25, -0.2) is 24.0 Å². The Kier molecular flexibility index (Phi) is 6.28. The molecule has 0 spiro atoms. The fraction of sp³-hybridized carbons (Fsp3) is 0.714. The third kappa shape index (κ3) is 5.09. The number of rotatable bonds is 7. The number of carbonyl (C=O) groups excluding carboxylic acids is 2. The number of esters is 1. The number of aryl methyl sites for hydroxylation is 1. The molecule has 0 bridgehead atoms. The van der Waals surface area contributed by atoms with E-state index in [2.05, 4.69) is 10.1 Å². The zero-order valence-electron chi connectivity index (χ0n) is 20.7. The van der Waals surface area contributed by atoms with Gasteiger partial charge in [0.05, 0.1) is 0 Å². The van der Waals surface area contributed by atoms with Crippen LogP contribution in [0.2, 0.25) is 0 Å². The first kappa shape index (κ1) is 25.6. The van der Waals surface area contributed by atoms with Crippen LogP contribution in [0.5, 0.6) is 0 Å². The molecule has 13 nitrogen and oxygen atoms in total. The molecular weight excluding hydrogens is 481 g/mol. The summed E-state index contributed by atoms with van der Waals surface area (Å²) in [6, 6.07) is 0. The lowest BCUT2D eigenvalue weighted by Crippen LogP contribution is -2.37. The number of hydrogen-bond acceptors (Lipinski definition) is 8. The molecule has 1 aromatic rings. The van der Waals surface area contributed by atoms with Crippen molar-refractivity contribution in [3.05, 3.63) is 32.6 Å². The van der Waals surface area contributed by atoms with E-state index < -0.39 is 49.3 Å². The van der Waals surface area contributed by atoms with Gasteiger partial charge in [0.25, 0.3) is 5.56 Å². The van der Waals surface area contributed by atoms with E-state index in [9.17, 15) is 23.7 Å². The normalized spacial score (nSPS) is 31.8. The molecule has 4 heterocycles. The fourth-order valence-electron chi connectivity index (χ4n) is 4.27. The van der Waals surface area contributed by atoms with E-state index in [0.29, 0.717) is 18.7 Å². The molecule has 1 aromatic heterocycles. The van der Waals surface area contributed by atoms with E-state index >= 15 is 0 Å². The Balaban J connectivity index is 1.51. The number of aromatic nitrogens is 2. The van der Waals surface area contributed by atoms with Gasteiger partial charge in [-0.05, 0) is 34.6 Å². The van der Waals surface area contributed by atoms with Crippen LogP contribution >= 0.6 is 7.59 Å². The van der Waals surface area contributed by atoms with Crippen LogP contribution < -0.4 is 16.3 Å². The number of amides is 1. The first-order valence-corrected chi connectivity index (χ1v) is 13.0. The SMILES string of the molecule is CC(=O)OC[C@H]1O[C@@H](n2cc(C)c(=O)[nH]c2=O)C[C@@H]1OC(=O)NP(=O)(N1CC1(C)C)N1CC1(C)C. The molecule has 3 fully saturated rings. The number of ether oxygens (including phenoxy) is 3. The van der Waals surface area contributed by atoms with Crippen LogP contribution in [0.25, 0.3) is 0 Å². The Morgan fingerprint density at radius 1 is 1.20 bits per heavy atom. The number of nitrogens with one attached hydrogen (secondary N) is 2. The summed E-state index contributed by atoms with van der Waals surface area (Å²) >= 11 is 0. The van der Waals surface area contributed by atoms with E-state index in [4.69, 9.17) is 14.2 Å². The number of hydrogen-bond donors (Lipinski definition) is 2. The smallest absolute Gasteiger partial charge is 0.414 e. The molecule has 3 aliphatic rings. The van der Waals surface area contributed by atoms with Crippen molar-refractivity contribution < 1.29 is 28.4 Å². The van der Waals surface area contributed by atoms with Crippen molar-refractivity contribution in [2.24, 2.45) is 0 Å². The number of aromatic amines is 1. The van der Waals surface area contributed by atoms with Crippen molar-refractivity contribution in [3.63, 3.8) is 0 Å². The summed E-state index contributed by atoms with van der Waals surface area (Å²) in [5.41, 5.74) is -1.53. The van der Waals surface area contributed by atoms with Crippen LogP contribution in [0.4, 0.5) is 4.79 Å². The average Bonchev–Trinajstić information content (AvgIpc) is 3.52. The maximum absolute atomic E-state index is 13.9. The highest BCUT2D eigenvalue weighted by Crippen LogP contribution is 2.67. The Morgan fingerprint density at radius 2 is 1.77 bits per heavy atom. The second kappa shape index (κ2) is 8.58. The molecule has 14 heteroatoms. The quantitative estimate of drug-likeness (QED) is 0.308. The maximum Gasteiger partial charge on any atom is 0.414 e. The highest BCUT2D eigenvalue weighted by molar-refractivity contribution is 7.58. The minimum atomic E-state index is -3.42. The van der Waals surface area contributed by atoms with E-state index in [1.807, 2.05) is 27.7 Å². The molecule has 35 heavy (non-hydrogen) atoms. The van der Waals surface area contributed by atoms with Crippen molar-refractivity contribution in [2.75, 3.05) is 19.7 Å². The zero-order chi connectivity index (χ0) is 25.9. The first-order chi connectivity index (χ1) is 16.1. The summed E-state index contributed by atoms with van der Waals surface area (Å²) in [6.45, 7) is 11.5. The number of carbonyl (C=O) groups is 2. The summed E-state index contributed by atoms with van der Waals surface area (Å²) < 4.78 is 35.1. The molecule has 0 aromatic carbocycles. The topological polar surface area (TPSA) is 152 Å². The van der Waals surface area contributed by atoms with Gasteiger partial charge in [0.2, 0.25) is 0 Å². The van der Waals surface area contributed by atoms with Crippen LogP contribution in [0.3, 0.4) is 0 Å². The first-order valence-electron chi connectivity index (χ1n) is 11.4. The summed E-state index contributed by atoms with van der Waals surface area (Å²) in [5, 5.41) is 2.59. The molecule has 0 aliphatic carbocycles. The molecular formula is C21H32N5O8P. The predicted octanol–water partition coefficient (Wildman–Crippen LogP) is 1.09. The Morgan fingerprint density at radius 3 is 2.29 bits per heavy atom. The highest BCUT2D eigenvalue weighted by Gasteiger charge is 2.65. The molecule has 0 radical (unpaired) electrons. The lowest BCUT2D eigenvalue weighted by molar-refractivity contribution is -0.147. The Hall–Kier alpha value is -2.47.